The van der Waals surface area contributed by atoms with Crippen LogP contribution in [-0.4, -0.2) is 91.2 Å². The lowest BCUT2D eigenvalue weighted by molar-refractivity contribution is -0.129. The SMILES string of the molecule is CCC(=O)CCC(C)SSC(C)(C)CCC(=O)N[C@@H](C)C(=O)C[C@@H](C)C(=O)Nc1cc(COc2cc3c(cc2C)C(=O)N2c4ccccc4C[C@H]2C(S(=O)(=O)OC)C3)cc(COc2cc3c(cc2OC)C(=O)N2c4ccccc4C[C@H]2CC3)c1. The molecule has 446 valence electrons. The van der Waals surface area contributed by atoms with E-state index in [1.165, 1.54) is 7.11 Å². The van der Waals surface area contributed by atoms with Crippen molar-refractivity contribution in [3.05, 3.63) is 141 Å². The Morgan fingerprint density at radius 3 is 2.06 bits per heavy atom. The zero-order valence-electron chi connectivity index (χ0n) is 49.3. The molecule has 0 spiro atoms. The molecule has 4 aliphatic heterocycles. The lowest BCUT2D eigenvalue weighted by atomic mass is 9.97. The molecule has 16 nitrogen and oxygen atoms in total. The first-order chi connectivity index (χ1) is 40.1. The number of anilines is 3. The van der Waals surface area contributed by atoms with Crippen molar-refractivity contribution in [3.8, 4) is 17.2 Å². The van der Waals surface area contributed by atoms with E-state index in [9.17, 15) is 37.2 Å². The number of amides is 4. The Labute approximate surface area is 501 Å². The monoisotopic (exact) mass is 1200 g/mol. The van der Waals surface area contributed by atoms with Crippen LogP contribution >= 0.6 is 21.6 Å². The Morgan fingerprint density at radius 1 is 0.750 bits per heavy atom. The van der Waals surface area contributed by atoms with Crippen LogP contribution in [0.2, 0.25) is 0 Å². The van der Waals surface area contributed by atoms with Gasteiger partial charge in [0.2, 0.25) is 11.8 Å². The second-order valence-corrected chi connectivity index (χ2v) is 28.5. The minimum atomic E-state index is -4.12. The van der Waals surface area contributed by atoms with Gasteiger partial charge in [-0.2, -0.15) is 8.42 Å². The highest BCUT2D eigenvalue weighted by Crippen LogP contribution is 2.45. The number of rotatable bonds is 25. The van der Waals surface area contributed by atoms with Crippen molar-refractivity contribution in [3.63, 3.8) is 0 Å². The van der Waals surface area contributed by atoms with Gasteiger partial charge < -0.3 is 34.6 Å². The molecule has 0 fully saturated rings. The highest BCUT2D eigenvalue weighted by molar-refractivity contribution is 8.77. The van der Waals surface area contributed by atoms with Crippen molar-refractivity contribution in [1.82, 2.24) is 5.32 Å². The van der Waals surface area contributed by atoms with Crippen LogP contribution in [0, 0.1) is 12.8 Å². The zero-order chi connectivity index (χ0) is 60.2. The number of hydrogen-bond acceptors (Lipinski definition) is 14. The fraction of sp³-hybridized carbons (Fsp3) is 0.446. The zero-order valence-corrected chi connectivity index (χ0v) is 51.8. The van der Waals surface area contributed by atoms with E-state index in [-0.39, 0.29) is 77.8 Å². The Balaban J connectivity index is 0.914. The summed E-state index contributed by atoms with van der Waals surface area (Å²) in [6, 6.07) is 26.5. The summed E-state index contributed by atoms with van der Waals surface area (Å²) in [6.07, 6.45) is 5.14. The van der Waals surface area contributed by atoms with Crippen LogP contribution in [0.4, 0.5) is 17.1 Å². The number of fused-ring (bicyclic) bond motifs is 8. The van der Waals surface area contributed by atoms with Crippen LogP contribution in [0.1, 0.15) is 146 Å². The molecule has 4 heterocycles. The molecular weight excluding hydrogens is 1120 g/mol. The number of ether oxygens (including phenoxy) is 3. The summed E-state index contributed by atoms with van der Waals surface area (Å²) < 4.78 is 51.1. The van der Waals surface area contributed by atoms with Gasteiger partial charge in [0, 0.05) is 75.8 Å². The van der Waals surface area contributed by atoms with Crippen molar-refractivity contribution >= 4 is 84.0 Å². The molecule has 0 radical (unpaired) electrons. The maximum absolute atomic E-state index is 14.5. The predicted octanol–water partition coefficient (Wildman–Crippen LogP) is 11.3. The fourth-order valence-corrected chi connectivity index (χ4v) is 15.5. The van der Waals surface area contributed by atoms with Crippen molar-refractivity contribution in [1.29, 1.82) is 0 Å². The Bertz CT molecular complexity index is 3480. The molecule has 5 aromatic rings. The van der Waals surface area contributed by atoms with E-state index in [2.05, 4.69) is 37.5 Å². The normalized spacial score (nSPS) is 18.1. The molecule has 0 bridgehead atoms. The number of benzene rings is 5. The Hall–Kier alpha value is -6.67. The van der Waals surface area contributed by atoms with Gasteiger partial charge in [-0.1, -0.05) is 78.8 Å². The van der Waals surface area contributed by atoms with E-state index in [1.807, 2.05) is 73.3 Å². The Kier molecular flexibility index (Phi) is 19.4. The van der Waals surface area contributed by atoms with Crippen molar-refractivity contribution in [2.24, 2.45) is 5.92 Å². The molecule has 0 aromatic heterocycles. The average Bonchev–Trinajstić information content (AvgIpc) is 4.02. The van der Waals surface area contributed by atoms with E-state index in [0.29, 0.717) is 94.1 Å². The van der Waals surface area contributed by atoms with Crippen LogP contribution in [-0.2, 0) is 72.4 Å². The van der Waals surface area contributed by atoms with Crippen LogP contribution < -0.4 is 34.6 Å². The predicted molar refractivity (Wildman–Crippen MR) is 330 cm³/mol. The number of carbonyl (C=O) groups is 6. The molecule has 0 saturated heterocycles. The molecule has 9 rings (SSSR count). The number of ketones is 2. The van der Waals surface area contributed by atoms with Gasteiger partial charge in [-0.3, -0.25) is 33.0 Å². The van der Waals surface area contributed by atoms with Gasteiger partial charge in [-0.15, -0.1) is 0 Å². The summed E-state index contributed by atoms with van der Waals surface area (Å²) in [5, 5.41) is 5.06. The van der Waals surface area contributed by atoms with Gasteiger partial charge in [-0.05, 0) is 166 Å². The fourth-order valence-electron chi connectivity index (χ4n) is 11.6. The second kappa shape index (κ2) is 26.3. The number of nitrogens with one attached hydrogen (secondary N) is 2. The average molecular weight is 1200 g/mol. The molecule has 84 heavy (non-hydrogen) atoms. The summed E-state index contributed by atoms with van der Waals surface area (Å²) in [6.45, 7) is 13.2. The van der Waals surface area contributed by atoms with Crippen LogP contribution in [0.25, 0.3) is 0 Å². The van der Waals surface area contributed by atoms with E-state index in [1.54, 1.807) is 70.7 Å². The molecule has 0 aliphatic carbocycles. The van der Waals surface area contributed by atoms with Gasteiger partial charge in [0.15, 0.2) is 17.3 Å². The number of carbonyl (C=O) groups excluding carboxylic acids is 6. The topological polar surface area (TPSA) is 204 Å². The Morgan fingerprint density at radius 2 is 1.38 bits per heavy atom. The molecular formula is C65H76N4O12S3. The highest BCUT2D eigenvalue weighted by atomic mass is 33.1. The molecule has 2 N–H and O–H groups in total. The van der Waals surface area contributed by atoms with Gasteiger partial charge in [0.05, 0.1) is 26.3 Å². The number of hydrogen-bond donors (Lipinski definition) is 2. The van der Waals surface area contributed by atoms with Gasteiger partial charge in [-0.25, -0.2) is 0 Å². The van der Waals surface area contributed by atoms with E-state index in [0.717, 1.165) is 48.8 Å². The van der Waals surface area contributed by atoms with Crippen molar-refractivity contribution in [2.75, 3.05) is 29.3 Å². The lowest BCUT2D eigenvalue weighted by Crippen LogP contribution is -2.47. The summed E-state index contributed by atoms with van der Waals surface area (Å²) in [5.74, 6) is -0.651. The highest BCUT2D eigenvalue weighted by Gasteiger charge is 2.48. The molecule has 0 saturated carbocycles. The summed E-state index contributed by atoms with van der Waals surface area (Å²) >= 11 is 0. The van der Waals surface area contributed by atoms with Crippen molar-refractivity contribution in [2.45, 2.75) is 166 Å². The van der Waals surface area contributed by atoms with Gasteiger partial charge >= 0.3 is 0 Å². The van der Waals surface area contributed by atoms with E-state index >= 15 is 0 Å². The van der Waals surface area contributed by atoms with Crippen LogP contribution in [0.3, 0.4) is 0 Å². The molecule has 6 atom stereocenters. The molecule has 5 aromatic carbocycles. The van der Waals surface area contributed by atoms with Crippen molar-refractivity contribution < 1.29 is 55.6 Å². The van der Waals surface area contributed by atoms with Crippen LogP contribution in [0.5, 0.6) is 17.2 Å². The summed E-state index contributed by atoms with van der Waals surface area (Å²) in [5.41, 5.74) is 8.25. The molecule has 4 aliphatic rings. The first kappa shape index (κ1) is 61.9. The van der Waals surface area contributed by atoms with Gasteiger partial charge in [0.1, 0.15) is 30.0 Å². The number of aryl methyl sites for hydroxylation is 2. The maximum Gasteiger partial charge on any atom is 0.272 e. The molecule has 19 heteroatoms. The maximum atomic E-state index is 14.5. The standard InChI is InChI=1S/C65H76N4O12S3/c1-10-50(70)22-19-40(4)82-83-65(6,7)24-23-61(72)66-41(5)56(71)26-39(3)62(73)67-48-28-42(27-43(29-48)37-81-59-32-44-20-21-49-30-45-15-11-13-17-53(45)68(49)63(74)52(44)35-58(59)78-8)36-80-57-33-47-34-60(84(76,77)79-9)55-31-46-16-12-14-18-54(46)69(55)64(75)51(47)25-38(57)2/h11-18,25,27-29,32-33,35,39-41,49,55,60H,10,19-24,26,30-31,34,36-37H2,1-9H3,(H,66,72)(H,67,73)/t39-,40?,41+,49-,55+,60?/m1/s1. The minimum absolute atomic E-state index is 0.00677. The number of nitrogens with zero attached hydrogens (tertiary/aromatic N) is 2. The van der Waals surface area contributed by atoms with Crippen LogP contribution in [0.15, 0.2) is 91.0 Å². The largest absolute Gasteiger partial charge is 0.493 e. The third kappa shape index (κ3) is 14.0. The smallest absolute Gasteiger partial charge is 0.272 e. The first-order valence-corrected chi connectivity index (χ1v) is 32.6. The number of Topliss-reactive ketones (excluding diaryl/α,β-unsaturated/α-hetero) is 2. The number of para-hydroxylation sites is 2. The lowest BCUT2D eigenvalue weighted by Gasteiger charge is -2.28. The third-order valence-corrected chi connectivity index (χ3v) is 22.1. The summed E-state index contributed by atoms with van der Waals surface area (Å²) in [7, 11) is 1.96. The second-order valence-electron chi connectivity index (χ2n) is 23.3. The quantitative estimate of drug-likeness (QED) is 0.0412. The molecule has 4 amide bonds. The minimum Gasteiger partial charge on any atom is -0.493 e. The number of methoxy groups -OCH3 is 1. The van der Waals surface area contributed by atoms with E-state index < -0.39 is 39.3 Å². The molecule has 2 unspecified atom stereocenters. The van der Waals surface area contributed by atoms with E-state index in [4.69, 9.17) is 18.4 Å². The summed E-state index contributed by atoms with van der Waals surface area (Å²) in [4.78, 5) is 84.7. The van der Waals surface area contributed by atoms with Gasteiger partial charge in [0.25, 0.3) is 21.9 Å². The first-order valence-electron chi connectivity index (χ1n) is 28.9. The third-order valence-electron chi connectivity index (χ3n) is 16.5.